The summed E-state index contributed by atoms with van der Waals surface area (Å²) in [5.41, 5.74) is 10.2. The summed E-state index contributed by atoms with van der Waals surface area (Å²) >= 11 is 0. The smallest absolute Gasteiger partial charge is 0.00697 e. The third-order valence-corrected chi connectivity index (χ3v) is 11.9. The number of hydrogen-bond acceptors (Lipinski definition) is 0. The van der Waals surface area contributed by atoms with Gasteiger partial charge in [0, 0.05) is 0 Å². The fraction of sp³-hybridized carbons (Fsp3) is 0.0370. The molecule has 0 N–H and O–H groups in total. The van der Waals surface area contributed by atoms with Crippen LogP contribution in [-0.4, -0.2) is 0 Å². The van der Waals surface area contributed by atoms with E-state index >= 15 is 0 Å². The highest BCUT2D eigenvalue weighted by Gasteiger charge is 2.20. The van der Waals surface area contributed by atoms with E-state index in [2.05, 4.69) is 196 Å². The Morgan fingerprint density at radius 3 is 1.24 bits per heavy atom. The molecule has 0 spiro atoms. The van der Waals surface area contributed by atoms with Crippen LogP contribution in [0.1, 0.15) is 11.1 Å². The minimum Gasteiger partial charge on any atom is -0.0616 e. The van der Waals surface area contributed by atoms with Crippen LogP contribution in [0.5, 0.6) is 0 Å². The molecule has 0 heteroatoms. The Hall–Kier alpha value is -6.76. The molecule has 0 bridgehead atoms. The normalized spacial score (nSPS) is 11.9. The number of aryl methyl sites for hydroxylation is 2. The van der Waals surface area contributed by atoms with E-state index < -0.39 is 0 Å². The minimum atomic E-state index is 1.23. The predicted octanol–water partition coefficient (Wildman–Crippen LogP) is 15.4. The minimum absolute atomic E-state index is 1.23. The second-order valence-corrected chi connectivity index (χ2v) is 14.9. The van der Waals surface area contributed by atoms with Gasteiger partial charge in [-0.1, -0.05) is 158 Å². The zero-order chi connectivity index (χ0) is 35.9. The van der Waals surface area contributed by atoms with Crippen molar-refractivity contribution in [1.29, 1.82) is 0 Å². The lowest BCUT2D eigenvalue weighted by molar-refractivity contribution is 1.50. The fourth-order valence-electron chi connectivity index (χ4n) is 9.35. The molecule has 0 saturated heterocycles. The number of fused-ring (bicyclic) bond motifs is 10. The van der Waals surface area contributed by atoms with E-state index in [4.69, 9.17) is 0 Å². The molecule has 0 heterocycles. The first-order valence-electron chi connectivity index (χ1n) is 18.9. The predicted molar refractivity (Wildman–Crippen MR) is 235 cm³/mol. The first kappa shape index (κ1) is 30.8. The third-order valence-electron chi connectivity index (χ3n) is 11.9. The van der Waals surface area contributed by atoms with Crippen molar-refractivity contribution in [2.24, 2.45) is 0 Å². The summed E-state index contributed by atoms with van der Waals surface area (Å²) in [5, 5.41) is 17.9. The summed E-state index contributed by atoms with van der Waals surface area (Å²) in [6, 6.07) is 68.0. The lowest BCUT2D eigenvalue weighted by Gasteiger charge is -2.20. The second-order valence-electron chi connectivity index (χ2n) is 14.9. The Kier molecular flexibility index (Phi) is 6.78. The van der Waals surface area contributed by atoms with Crippen LogP contribution in [0.3, 0.4) is 0 Å². The van der Waals surface area contributed by atoms with Gasteiger partial charge in [-0.05, 0) is 158 Å². The van der Waals surface area contributed by atoms with E-state index in [0.717, 1.165) is 0 Å². The summed E-state index contributed by atoms with van der Waals surface area (Å²) in [6.07, 6.45) is 0. The number of hydrogen-bond donors (Lipinski definition) is 0. The lowest BCUT2D eigenvalue weighted by Crippen LogP contribution is -1.93. The van der Waals surface area contributed by atoms with Crippen molar-refractivity contribution in [2.45, 2.75) is 13.8 Å². The van der Waals surface area contributed by atoms with Gasteiger partial charge in [0.25, 0.3) is 0 Å². The van der Waals surface area contributed by atoms with Gasteiger partial charge in [0.05, 0.1) is 0 Å². The van der Waals surface area contributed by atoms with Crippen LogP contribution in [0, 0.1) is 13.8 Å². The summed E-state index contributed by atoms with van der Waals surface area (Å²) in [7, 11) is 0. The fourth-order valence-corrected chi connectivity index (χ4v) is 9.35. The molecule has 54 heavy (non-hydrogen) atoms. The van der Waals surface area contributed by atoms with E-state index in [-0.39, 0.29) is 0 Å². The van der Waals surface area contributed by atoms with E-state index in [0.29, 0.717) is 0 Å². The molecule has 11 aromatic rings. The molecule has 0 aromatic heterocycles. The molecule has 0 amide bonds. The molecule has 11 rings (SSSR count). The molecule has 0 fully saturated rings. The van der Waals surface area contributed by atoms with Crippen molar-refractivity contribution in [2.75, 3.05) is 0 Å². The van der Waals surface area contributed by atoms with Crippen LogP contribution in [0.25, 0.3) is 109 Å². The van der Waals surface area contributed by atoms with E-state index in [9.17, 15) is 0 Å². The van der Waals surface area contributed by atoms with Crippen LogP contribution in [0.2, 0.25) is 0 Å². The lowest BCUT2D eigenvalue weighted by atomic mass is 9.83. The molecule has 0 radical (unpaired) electrons. The topological polar surface area (TPSA) is 0 Å². The maximum atomic E-state index is 2.50. The van der Waals surface area contributed by atoms with Gasteiger partial charge in [-0.2, -0.15) is 0 Å². The van der Waals surface area contributed by atoms with Gasteiger partial charge in [0.2, 0.25) is 0 Å². The van der Waals surface area contributed by atoms with Crippen LogP contribution < -0.4 is 0 Å². The summed E-state index contributed by atoms with van der Waals surface area (Å²) in [4.78, 5) is 0. The molecular weight excluding hydrogens is 649 g/mol. The molecule has 0 aliphatic carbocycles. The SMILES string of the molecule is Cc1ccc2ccccc2c1-c1cc2c3cc(-c4cc5ccccc5c5ccccc45)ccc3c(-c3c(C)ccc4ccccc34)cc2c2ccccc12. The van der Waals surface area contributed by atoms with Crippen LogP contribution in [-0.2, 0) is 0 Å². The van der Waals surface area contributed by atoms with Crippen molar-refractivity contribution >= 4 is 75.4 Å². The first-order valence-corrected chi connectivity index (χ1v) is 18.9. The summed E-state index contributed by atoms with van der Waals surface area (Å²) in [6.45, 7) is 4.52. The molecule has 0 unspecified atom stereocenters. The molecule has 0 aliphatic heterocycles. The van der Waals surface area contributed by atoms with E-state index in [1.54, 1.807) is 0 Å². The number of rotatable bonds is 3. The second kappa shape index (κ2) is 11.9. The largest absolute Gasteiger partial charge is 0.0616 e. The monoisotopic (exact) mass is 684 g/mol. The number of benzene rings is 11. The Bertz CT molecular complexity index is 3340. The van der Waals surface area contributed by atoms with Gasteiger partial charge < -0.3 is 0 Å². The Morgan fingerprint density at radius 2 is 0.648 bits per heavy atom. The Balaban J connectivity index is 1.32. The maximum Gasteiger partial charge on any atom is -0.00697 e. The standard InChI is InChI=1S/C54H36/c1-33-23-25-35-13-3-7-17-40(35)53(33)51-32-50-48-30-38(47-29-37-15-5-6-16-39(37)42-19-9-10-20-43(42)47)27-28-46(48)52(31-49(50)44-21-11-12-22-45(44)51)54-34(2)24-26-36-14-4-8-18-41(36)54/h3-32H,1-2H3. The highest BCUT2D eigenvalue weighted by molar-refractivity contribution is 6.26. The van der Waals surface area contributed by atoms with Gasteiger partial charge >= 0.3 is 0 Å². The molecule has 0 atom stereocenters. The average Bonchev–Trinajstić information content (AvgIpc) is 3.23. The maximum absolute atomic E-state index is 2.50. The average molecular weight is 685 g/mol. The van der Waals surface area contributed by atoms with Gasteiger partial charge in [-0.15, -0.1) is 0 Å². The molecule has 0 aliphatic rings. The van der Waals surface area contributed by atoms with Crippen molar-refractivity contribution in [1.82, 2.24) is 0 Å². The zero-order valence-corrected chi connectivity index (χ0v) is 30.3. The molecule has 11 aromatic carbocycles. The van der Waals surface area contributed by atoms with E-state index in [1.165, 1.54) is 120 Å². The first-order chi connectivity index (χ1) is 26.6. The van der Waals surface area contributed by atoms with Gasteiger partial charge in [-0.25, -0.2) is 0 Å². The van der Waals surface area contributed by atoms with Crippen LogP contribution in [0.4, 0.5) is 0 Å². The van der Waals surface area contributed by atoms with Gasteiger partial charge in [0.15, 0.2) is 0 Å². The zero-order valence-electron chi connectivity index (χ0n) is 30.3. The van der Waals surface area contributed by atoms with E-state index in [1.807, 2.05) is 0 Å². The van der Waals surface area contributed by atoms with Crippen LogP contribution >= 0.6 is 0 Å². The summed E-state index contributed by atoms with van der Waals surface area (Å²) in [5.74, 6) is 0. The summed E-state index contributed by atoms with van der Waals surface area (Å²) < 4.78 is 0. The van der Waals surface area contributed by atoms with Gasteiger partial charge in [0.1, 0.15) is 0 Å². The highest BCUT2D eigenvalue weighted by atomic mass is 14.2. The van der Waals surface area contributed by atoms with Crippen LogP contribution in [0.15, 0.2) is 182 Å². The quantitative estimate of drug-likeness (QED) is 0.163. The Morgan fingerprint density at radius 1 is 0.241 bits per heavy atom. The van der Waals surface area contributed by atoms with Crippen molar-refractivity contribution in [3.05, 3.63) is 193 Å². The third kappa shape index (κ3) is 4.57. The van der Waals surface area contributed by atoms with Crippen molar-refractivity contribution in [3.8, 4) is 33.4 Å². The molecule has 0 saturated carbocycles. The van der Waals surface area contributed by atoms with Gasteiger partial charge in [-0.3, -0.25) is 0 Å². The molecule has 0 nitrogen and oxygen atoms in total. The van der Waals surface area contributed by atoms with Crippen molar-refractivity contribution in [3.63, 3.8) is 0 Å². The molecule has 252 valence electrons. The Labute approximate surface area is 314 Å². The van der Waals surface area contributed by atoms with Crippen molar-refractivity contribution < 1.29 is 0 Å². The highest BCUT2D eigenvalue weighted by Crippen LogP contribution is 2.47. The molecular formula is C54H36.